The zero-order chi connectivity index (χ0) is 21.0. The summed E-state index contributed by atoms with van der Waals surface area (Å²) in [5, 5.41) is 11.7. The lowest BCUT2D eigenvalue weighted by molar-refractivity contribution is -0.115. The van der Waals surface area contributed by atoms with Crippen LogP contribution >= 0.6 is 0 Å². The highest BCUT2D eigenvalue weighted by molar-refractivity contribution is 7.89. The summed E-state index contributed by atoms with van der Waals surface area (Å²) in [5.74, 6) is 0.175. The van der Waals surface area contributed by atoms with E-state index in [9.17, 15) is 13.2 Å². The Hall–Kier alpha value is -2.96. The molecular formula is C20H22N4O4S. The number of anilines is 1. The number of carbonyl (C=O) groups excluding carboxylic acids is 1. The van der Waals surface area contributed by atoms with Crippen LogP contribution in [0, 0.1) is 18.3 Å². The number of carbonyl (C=O) groups is 1. The molecule has 2 aromatic rings. The Bertz CT molecular complexity index is 1060. The molecule has 1 N–H and O–H groups in total. The van der Waals surface area contributed by atoms with Gasteiger partial charge in [0.25, 0.3) is 0 Å². The number of sulfonamides is 1. The van der Waals surface area contributed by atoms with Crippen LogP contribution in [0.15, 0.2) is 41.4 Å². The lowest BCUT2D eigenvalue weighted by Crippen LogP contribution is -2.31. The quantitative estimate of drug-likeness (QED) is 0.777. The van der Waals surface area contributed by atoms with Gasteiger partial charge in [-0.2, -0.15) is 9.57 Å². The molecule has 1 aliphatic rings. The molecule has 29 heavy (non-hydrogen) atoms. The lowest BCUT2D eigenvalue weighted by Gasteiger charge is -2.19. The average Bonchev–Trinajstić information content (AvgIpc) is 3.17. The molecule has 0 bridgehead atoms. The van der Waals surface area contributed by atoms with Crippen molar-refractivity contribution >= 4 is 21.6 Å². The third kappa shape index (κ3) is 4.72. The van der Waals surface area contributed by atoms with Crippen molar-refractivity contribution in [2.24, 2.45) is 0 Å². The van der Waals surface area contributed by atoms with Gasteiger partial charge in [0, 0.05) is 30.9 Å². The maximum Gasteiger partial charge on any atom is 0.243 e. The molecule has 1 aromatic carbocycles. The molecule has 1 fully saturated rings. The fraction of sp³-hybridized carbons (Fsp3) is 0.350. The topological polar surface area (TPSA) is 112 Å². The average molecular weight is 414 g/mol. The number of benzene rings is 1. The zero-order valence-corrected chi connectivity index (χ0v) is 17.1. The van der Waals surface area contributed by atoms with Crippen LogP contribution in [0.3, 0.4) is 0 Å². The van der Waals surface area contributed by atoms with E-state index < -0.39 is 10.0 Å². The number of nitriles is 1. The Morgan fingerprint density at radius 2 is 2.17 bits per heavy atom. The molecule has 8 nitrogen and oxygen atoms in total. The Morgan fingerprint density at radius 3 is 2.86 bits per heavy atom. The normalized spacial score (nSPS) is 16.9. The van der Waals surface area contributed by atoms with Gasteiger partial charge in [0.15, 0.2) is 0 Å². The second-order valence-corrected chi connectivity index (χ2v) is 8.67. The molecule has 9 heteroatoms. The first-order valence-electron chi connectivity index (χ1n) is 9.27. The highest BCUT2D eigenvalue weighted by atomic mass is 32.2. The van der Waals surface area contributed by atoms with Gasteiger partial charge in [0.2, 0.25) is 21.8 Å². The van der Waals surface area contributed by atoms with Crippen molar-refractivity contribution < 1.29 is 17.9 Å². The molecule has 1 unspecified atom stereocenters. The van der Waals surface area contributed by atoms with Gasteiger partial charge in [-0.3, -0.25) is 4.79 Å². The molecule has 2 heterocycles. The summed E-state index contributed by atoms with van der Waals surface area (Å²) in [7, 11) is -3.69. The first-order valence-corrected chi connectivity index (χ1v) is 10.7. The van der Waals surface area contributed by atoms with Crippen LogP contribution in [0.4, 0.5) is 5.69 Å². The van der Waals surface area contributed by atoms with Gasteiger partial charge in [-0.25, -0.2) is 13.4 Å². The van der Waals surface area contributed by atoms with E-state index in [0.29, 0.717) is 42.1 Å². The van der Waals surface area contributed by atoms with Crippen molar-refractivity contribution in [1.29, 1.82) is 5.26 Å². The van der Waals surface area contributed by atoms with Crippen molar-refractivity contribution in [3.05, 3.63) is 47.7 Å². The Labute approximate surface area is 170 Å². The highest BCUT2D eigenvalue weighted by Gasteiger charge is 2.34. The van der Waals surface area contributed by atoms with Gasteiger partial charge in [0.05, 0.1) is 23.1 Å². The van der Waals surface area contributed by atoms with Gasteiger partial charge in [-0.05, 0) is 43.2 Å². The number of hydrogen-bond donors (Lipinski definition) is 1. The number of hydrogen-bond acceptors (Lipinski definition) is 6. The Morgan fingerprint density at radius 1 is 1.38 bits per heavy atom. The monoisotopic (exact) mass is 414 g/mol. The summed E-state index contributed by atoms with van der Waals surface area (Å²) >= 11 is 0. The number of pyridine rings is 1. The lowest BCUT2D eigenvalue weighted by atomic mass is 10.2. The van der Waals surface area contributed by atoms with Crippen LogP contribution in [0.5, 0.6) is 5.88 Å². The first kappa shape index (κ1) is 20.8. The highest BCUT2D eigenvalue weighted by Crippen LogP contribution is 2.27. The third-order valence-electron chi connectivity index (χ3n) is 4.66. The van der Waals surface area contributed by atoms with Gasteiger partial charge in [-0.15, -0.1) is 0 Å². The fourth-order valence-corrected chi connectivity index (χ4v) is 4.82. The van der Waals surface area contributed by atoms with E-state index in [1.54, 1.807) is 32.0 Å². The van der Waals surface area contributed by atoms with E-state index in [1.165, 1.54) is 22.6 Å². The summed E-state index contributed by atoms with van der Waals surface area (Å²) in [5.41, 5.74) is 1.56. The van der Waals surface area contributed by atoms with Crippen molar-refractivity contribution in [1.82, 2.24) is 9.29 Å². The second-order valence-electron chi connectivity index (χ2n) is 6.77. The number of aryl methyl sites for hydroxylation is 1. The minimum atomic E-state index is -3.69. The number of rotatable bonds is 6. The number of nitrogens with one attached hydrogen (secondary N) is 1. The molecule has 0 radical (unpaired) electrons. The Kier molecular flexibility index (Phi) is 6.15. The number of amides is 1. The third-order valence-corrected chi connectivity index (χ3v) is 6.68. The molecule has 1 atom stereocenters. The zero-order valence-electron chi connectivity index (χ0n) is 16.3. The van der Waals surface area contributed by atoms with Gasteiger partial charge in [0.1, 0.15) is 6.10 Å². The molecule has 152 valence electrons. The van der Waals surface area contributed by atoms with Gasteiger partial charge < -0.3 is 10.1 Å². The van der Waals surface area contributed by atoms with Crippen LogP contribution < -0.4 is 10.1 Å². The second kappa shape index (κ2) is 8.59. The molecule has 1 aromatic heterocycles. The molecule has 0 aliphatic carbocycles. The van der Waals surface area contributed by atoms with Gasteiger partial charge in [-0.1, -0.05) is 6.92 Å². The summed E-state index contributed by atoms with van der Waals surface area (Å²) in [6.45, 7) is 3.99. The van der Waals surface area contributed by atoms with Crippen LogP contribution in [0.2, 0.25) is 0 Å². The van der Waals surface area contributed by atoms with E-state index in [2.05, 4.69) is 10.3 Å². The van der Waals surface area contributed by atoms with Crippen LogP contribution in [0.1, 0.15) is 30.9 Å². The number of ether oxygens (including phenoxy) is 1. The molecule has 1 amide bonds. The predicted octanol–water partition coefficient (Wildman–Crippen LogP) is 2.45. The fourth-order valence-electron chi connectivity index (χ4n) is 3.13. The van der Waals surface area contributed by atoms with Crippen molar-refractivity contribution in [3.8, 4) is 11.9 Å². The molecule has 3 rings (SSSR count). The molecule has 1 aliphatic heterocycles. The van der Waals surface area contributed by atoms with Crippen molar-refractivity contribution in [2.45, 2.75) is 37.7 Å². The molecule has 1 saturated heterocycles. The van der Waals surface area contributed by atoms with E-state index in [-0.39, 0.29) is 23.5 Å². The molecule has 0 spiro atoms. The molecular weight excluding hydrogens is 392 g/mol. The maximum absolute atomic E-state index is 13.1. The molecule has 0 saturated carbocycles. The SMILES string of the molecule is CCC(=O)Nc1ccc(S(=O)(=O)N2CCC(Oc3cc(C#N)ccn3)C2)c(C)c1. The number of nitrogens with zero attached hydrogens (tertiary/aromatic N) is 3. The minimum absolute atomic E-state index is 0.131. The Balaban J connectivity index is 1.72. The smallest absolute Gasteiger partial charge is 0.243 e. The summed E-state index contributed by atoms with van der Waals surface area (Å²) in [4.78, 5) is 15.8. The van der Waals surface area contributed by atoms with Crippen molar-refractivity contribution in [2.75, 3.05) is 18.4 Å². The standard InChI is InChI=1S/C20H22N4O4S/c1-3-19(25)23-16-4-5-18(14(2)10-16)29(26,27)24-9-7-17(13-24)28-20-11-15(12-21)6-8-22-20/h4-6,8,10-11,17H,3,7,9,13H2,1-2H3,(H,23,25). The predicted molar refractivity (Wildman–Crippen MR) is 107 cm³/mol. The summed E-state index contributed by atoms with van der Waals surface area (Å²) in [6, 6.07) is 9.89. The number of aromatic nitrogens is 1. The summed E-state index contributed by atoms with van der Waals surface area (Å²) in [6.07, 6.45) is 2.02. The first-order chi connectivity index (χ1) is 13.8. The minimum Gasteiger partial charge on any atom is -0.473 e. The van der Waals surface area contributed by atoms with E-state index in [4.69, 9.17) is 10.00 Å². The van der Waals surface area contributed by atoms with Crippen molar-refractivity contribution in [3.63, 3.8) is 0 Å². The van der Waals surface area contributed by atoms with E-state index in [1.807, 2.05) is 6.07 Å². The van der Waals surface area contributed by atoms with Crippen LogP contribution in [0.25, 0.3) is 0 Å². The van der Waals surface area contributed by atoms with E-state index in [0.717, 1.165) is 0 Å². The van der Waals surface area contributed by atoms with Crippen LogP contribution in [-0.4, -0.2) is 42.8 Å². The largest absolute Gasteiger partial charge is 0.473 e. The van der Waals surface area contributed by atoms with E-state index >= 15 is 0 Å². The maximum atomic E-state index is 13.1. The summed E-state index contributed by atoms with van der Waals surface area (Å²) < 4.78 is 33.3. The van der Waals surface area contributed by atoms with Crippen LogP contribution in [-0.2, 0) is 14.8 Å². The van der Waals surface area contributed by atoms with Gasteiger partial charge >= 0.3 is 0 Å².